The molecule has 1 N–H and O–H groups in total. The van der Waals surface area contributed by atoms with Gasteiger partial charge in [0.1, 0.15) is 0 Å². The molecular weight excluding hydrogens is 244 g/mol. The number of rotatable bonds is 5. The highest BCUT2D eigenvalue weighted by atomic mass is 32.2. The summed E-state index contributed by atoms with van der Waals surface area (Å²) in [7, 11) is 0. The quantitative estimate of drug-likeness (QED) is 0.825. The van der Waals surface area contributed by atoms with Crippen molar-refractivity contribution in [1.29, 1.82) is 0 Å². The molecular formula is C15H18O2S. The van der Waals surface area contributed by atoms with Crippen LogP contribution in [0.5, 0.6) is 0 Å². The van der Waals surface area contributed by atoms with E-state index in [1.54, 1.807) is 0 Å². The number of aliphatic carboxylic acids is 1. The van der Waals surface area contributed by atoms with E-state index < -0.39 is 5.97 Å². The summed E-state index contributed by atoms with van der Waals surface area (Å²) in [6.45, 7) is 0. The van der Waals surface area contributed by atoms with E-state index in [0.717, 1.165) is 18.6 Å². The van der Waals surface area contributed by atoms with Gasteiger partial charge in [0.25, 0.3) is 0 Å². The van der Waals surface area contributed by atoms with Crippen molar-refractivity contribution >= 4 is 17.7 Å². The van der Waals surface area contributed by atoms with Crippen molar-refractivity contribution < 1.29 is 9.90 Å². The Hall–Kier alpha value is -0.960. The van der Waals surface area contributed by atoms with Gasteiger partial charge in [-0.2, -0.15) is 0 Å². The molecule has 0 atom stereocenters. The topological polar surface area (TPSA) is 37.3 Å². The lowest BCUT2D eigenvalue weighted by molar-refractivity contribution is -0.138. The van der Waals surface area contributed by atoms with Gasteiger partial charge in [-0.3, -0.25) is 4.79 Å². The standard InChI is InChI=1S/C15H18O2S/c16-14(17)9-15(6-7-15)10-18-13-5-4-11-2-1-3-12(11)8-13/h4-5,8H,1-3,6-7,9-10H2,(H,16,17). The number of fused-ring (bicyclic) bond motifs is 1. The number of hydrogen-bond acceptors (Lipinski definition) is 2. The molecule has 0 radical (unpaired) electrons. The largest absolute Gasteiger partial charge is 0.481 e. The summed E-state index contributed by atoms with van der Waals surface area (Å²) in [4.78, 5) is 12.1. The Labute approximate surface area is 112 Å². The number of carbonyl (C=O) groups is 1. The second-order valence-corrected chi connectivity index (χ2v) is 6.69. The highest BCUT2D eigenvalue weighted by Gasteiger charge is 2.44. The first-order valence-electron chi connectivity index (χ1n) is 6.63. The van der Waals surface area contributed by atoms with Gasteiger partial charge in [-0.1, -0.05) is 6.07 Å². The summed E-state index contributed by atoms with van der Waals surface area (Å²) < 4.78 is 0. The highest BCUT2D eigenvalue weighted by molar-refractivity contribution is 7.99. The van der Waals surface area contributed by atoms with E-state index in [1.165, 1.54) is 35.3 Å². The van der Waals surface area contributed by atoms with Crippen molar-refractivity contribution in [3.63, 3.8) is 0 Å². The molecule has 1 aromatic carbocycles. The SMILES string of the molecule is O=C(O)CC1(CSc2ccc3c(c2)CCC3)CC1. The fraction of sp³-hybridized carbons (Fsp3) is 0.533. The van der Waals surface area contributed by atoms with Crippen LogP contribution in [0.1, 0.15) is 36.8 Å². The molecule has 1 aromatic rings. The molecule has 0 saturated heterocycles. The number of carboxylic acid groups (broad SMARTS) is 1. The second-order valence-electron chi connectivity index (χ2n) is 5.64. The first-order chi connectivity index (χ1) is 8.67. The fourth-order valence-corrected chi connectivity index (χ4v) is 4.00. The Kier molecular flexibility index (Phi) is 3.10. The second kappa shape index (κ2) is 4.61. The fourth-order valence-electron chi connectivity index (χ4n) is 2.74. The Morgan fingerprint density at radius 2 is 2.06 bits per heavy atom. The molecule has 2 aliphatic rings. The van der Waals surface area contributed by atoms with Crippen LogP contribution in [-0.2, 0) is 17.6 Å². The Balaban J connectivity index is 1.62. The monoisotopic (exact) mass is 262 g/mol. The van der Waals surface area contributed by atoms with Gasteiger partial charge in [0.15, 0.2) is 0 Å². The normalized spacial score (nSPS) is 19.6. The number of carboxylic acids is 1. The molecule has 18 heavy (non-hydrogen) atoms. The van der Waals surface area contributed by atoms with E-state index in [-0.39, 0.29) is 5.41 Å². The molecule has 2 aliphatic carbocycles. The van der Waals surface area contributed by atoms with E-state index in [1.807, 2.05) is 11.8 Å². The zero-order chi connectivity index (χ0) is 12.6. The van der Waals surface area contributed by atoms with Crippen molar-refractivity contribution in [2.24, 2.45) is 5.41 Å². The first-order valence-corrected chi connectivity index (χ1v) is 7.62. The maximum atomic E-state index is 10.8. The van der Waals surface area contributed by atoms with Crippen LogP contribution in [0.15, 0.2) is 23.1 Å². The van der Waals surface area contributed by atoms with Crippen molar-refractivity contribution in [1.82, 2.24) is 0 Å². The minimum atomic E-state index is -0.651. The molecule has 1 saturated carbocycles. The molecule has 0 spiro atoms. The van der Waals surface area contributed by atoms with Crippen LogP contribution in [0.2, 0.25) is 0 Å². The zero-order valence-corrected chi connectivity index (χ0v) is 11.3. The van der Waals surface area contributed by atoms with Gasteiger partial charge in [-0.05, 0) is 60.8 Å². The summed E-state index contributed by atoms with van der Waals surface area (Å²) in [5.41, 5.74) is 3.10. The van der Waals surface area contributed by atoms with Crippen LogP contribution in [0.4, 0.5) is 0 Å². The lowest BCUT2D eigenvalue weighted by Gasteiger charge is -2.12. The summed E-state index contributed by atoms with van der Waals surface area (Å²) in [5, 5.41) is 8.90. The molecule has 2 nitrogen and oxygen atoms in total. The maximum absolute atomic E-state index is 10.8. The van der Waals surface area contributed by atoms with Crippen molar-refractivity contribution in [3.05, 3.63) is 29.3 Å². The third-order valence-corrected chi connectivity index (χ3v) is 5.44. The number of thioether (sulfide) groups is 1. The van der Waals surface area contributed by atoms with Crippen molar-refractivity contribution in [2.45, 2.75) is 43.4 Å². The predicted molar refractivity (Wildman–Crippen MR) is 73.1 cm³/mol. The molecule has 0 heterocycles. The van der Waals surface area contributed by atoms with Crippen LogP contribution in [-0.4, -0.2) is 16.8 Å². The van der Waals surface area contributed by atoms with E-state index in [2.05, 4.69) is 18.2 Å². The molecule has 96 valence electrons. The van der Waals surface area contributed by atoms with Crippen LogP contribution in [0, 0.1) is 5.41 Å². The molecule has 0 aromatic heterocycles. The van der Waals surface area contributed by atoms with E-state index in [0.29, 0.717) is 6.42 Å². The summed E-state index contributed by atoms with van der Waals surface area (Å²) in [6.07, 6.45) is 6.22. The summed E-state index contributed by atoms with van der Waals surface area (Å²) in [6, 6.07) is 6.76. The Morgan fingerprint density at radius 3 is 2.78 bits per heavy atom. The molecule has 3 heteroatoms. The Morgan fingerprint density at radius 1 is 1.28 bits per heavy atom. The summed E-state index contributed by atoms with van der Waals surface area (Å²) in [5.74, 6) is 0.306. The predicted octanol–water partition coefficient (Wildman–Crippen LogP) is 3.52. The highest BCUT2D eigenvalue weighted by Crippen LogP contribution is 2.52. The van der Waals surface area contributed by atoms with Crippen LogP contribution >= 0.6 is 11.8 Å². The van der Waals surface area contributed by atoms with E-state index >= 15 is 0 Å². The van der Waals surface area contributed by atoms with Gasteiger partial charge in [0.05, 0.1) is 6.42 Å². The third kappa shape index (κ3) is 2.56. The van der Waals surface area contributed by atoms with Gasteiger partial charge in [-0.25, -0.2) is 0 Å². The molecule has 0 bridgehead atoms. The van der Waals surface area contributed by atoms with Gasteiger partial charge < -0.3 is 5.11 Å². The van der Waals surface area contributed by atoms with E-state index in [9.17, 15) is 4.79 Å². The lowest BCUT2D eigenvalue weighted by atomic mass is 10.1. The third-order valence-electron chi connectivity index (χ3n) is 4.10. The summed E-state index contributed by atoms with van der Waals surface area (Å²) >= 11 is 1.83. The van der Waals surface area contributed by atoms with Crippen molar-refractivity contribution in [3.8, 4) is 0 Å². The average molecular weight is 262 g/mol. The van der Waals surface area contributed by atoms with Crippen molar-refractivity contribution in [2.75, 3.05) is 5.75 Å². The Bertz CT molecular complexity index is 477. The van der Waals surface area contributed by atoms with Gasteiger partial charge in [-0.15, -0.1) is 11.8 Å². The van der Waals surface area contributed by atoms with Gasteiger partial charge in [0.2, 0.25) is 0 Å². The molecule has 0 unspecified atom stereocenters. The number of aryl methyl sites for hydroxylation is 2. The number of benzene rings is 1. The average Bonchev–Trinajstić information content (AvgIpc) is 2.92. The maximum Gasteiger partial charge on any atom is 0.303 e. The van der Waals surface area contributed by atoms with Crippen LogP contribution in [0.3, 0.4) is 0 Å². The van der Waals surface area contributed by atoms with Crippen LogP contribution < -0.4 is 0 Å². The van der Waals surface area contributed by atoms with Crippen LogP contribution in [0.25, 0.3) is 0 Å². The first kappa shape index (κ1) is 12.1. The number of hydrogen-bond donors (Lipinski definition) is 1. The minimum Gasteiger partial charge on any atom is -0.481 e. The van der Waals surface area contributed by atoms with Gasteiger partial charge >= 0.3 is 5.97 Å². The van der Waals surface area contributed by atoms with Gasteiger partial charge in [0, 0.05) is 10.6 Å². The minimum absolute atomic E-state index is 0.0928. The molecule has 1 fully saturated rings. The smallest absolute Gasteiger partial charge is 0.303 e. The zero-order valence-electron chi connectivity index (χ0n) is 10.4. The molecule has 0 amide bonds. The van der Waals surface area contributed by atoms with E-state index in [4.69, 9.17) is 5.11 Å². The molecule has 0 aliphatic heterocycles. The lowest BCUT2D eigenvalue weighted by Crippen LogP contribution is -2.10. The molecule has 3 rings (SSSR count).